The number of nitrogens with zero attached hydrogens (tertiary/aromatic N) is 1. The molecule has 0 fully saturated rings. The predicted molar refractivity (Wildman–Crippen MR) is 131 cm³/mol. The zero-order valence-corrected chi connectivity index (χ0v) is 19.1. The molecule has 0 saturated heterocycles. The number of likely N-dealkylation sites (N-methyl/N-ethyl adjacent to an activating group) is 1. The fraction of sp³-hybridized carbons (Fsp3) is 0.385. The molecule has 0 aromatic heterocycles. The maximum absolute atomic E-state index is 8.81. The molecule has 0 amide bonds. The summed E-state index contributed by atoms with van der Waals surface area (Å²) in [7, 11) is 0. The highest BCUT2D eigenvalue weighted by atomic mass is 16.3. The van der Waals surface area contributed by atoms with E-state index in [2.05, 4.69) is 13.2 Å². The van der Waals surface area contributed by atoms with Crippen LogP contribution >= 0.6 is 0 Å². The molecule has 2 aromatic carbocycles. The van der Waals surface area contributed by atoms with Crippen LogP contribution in [-0.2, 0) is 0 Å². The molecule has 0 aliphatic rings. The summed E-state index contributed by atoms with van der Waals surface area (Å²) in [5.74, 6) is 0. The van der Waals surface area contributed by atoms with Crippen molar-refractivity contribution in [2.45, 2.75) is 20.8 Å². The molecular formula is C26H42NO3+. The van der Waals surface area contributed by atoms with Crippen molar-refractivity contribution in [3.63, 3.8) is 0 Å². The third-order valence-corrected chi connectivity index (χ3v) is 4.46. The van der Waals surface area contributed by atoms with Crippen LogP contribution in [0.4, 0.5) is 0 Å². The molecule has 168 valence electrons. The summed E-state index contributed by atoms with van der Waals surface area (Å²) in [6.45, 7) is 16.2. The smallest absolute Gasteiger partial charge is 0.102 e. The lowest BCUT2D eigenvalue weighted by Gasteiger charge is -2.36. The quantitative estimate of drug-likeness (QED) is 0.528. The Labute approximate surface area is 184 Å². The highest BCUT2D eigenvalue weighted by Crippen LogP contribution is 2.04. The first-order valence-corrected chi connectivity index (χ1v) is 10.6. The first-order chi connectivity index (χ1) is 14.6. The van der Waals surface area contributed by atoms with Crippen molar-refractivity contribution in [2.75, 3.05) is 46.0 Å². The van der Waals surface area contributed by atoms with Crippen LogP contribution in [0.5, 0.6) is 0 Å². The Kier molecular flexibility index (Phi) is 21.4. The Bertz CT molecular complexity index is 554. The van der Waals surface area contributed by atoms with E-state index in [1.165, 1.54) is 11.1 Å². The molecular weight excluding hydrogens is 374 g/mol. The third kappa shape index (κ3) is 14.7. The number of rotatable bonds is 9. The topological polar surface area (TPSA) is 60.7 Å². The molecule has 0 saturated carbocycles. The molecule has 0 aliphatic carbocycles. The zero-order chi connectivity index (χ0) is 23.1. The molecule has 0 atom stereocenters. The van der Waals surface area contributed by atoms with Crippen molar-refractivity contribution in [2.24, 2.45) is 0 Å². The van der Waals surface area contributed by atoms with E-state index in [1.807, 2.05) is 93.6 Å². The predicted octanol–water partition coefficient (Wildman–Crippen LogP) is 4.49. The maximum atomic E-state index is 8.81. The van der Waals surface area contributed by atoms with E-state index >= 15 is 0 Å². The first kappa shape index (κ1) is 30.0. The summed E-state index contributed by atoms with van der Waals surface area (Å²) >= 11 is 0. The second kappa shape index (κ2) is 21.5. The van der Waals surface area contributed by atoms with Gasteiger partial charge in [0.2, 0.25) is 0 Å². The lowest BCUT2D eigenvalue weighted by molar-refractivity contribution is -0.927. The molecule has 3 N–H and O–H groups in total. The average molecular weight is 417 g/mol. The Morgan fingerprint density at radius 2 is 0.967 bits per heavy atom. The highest BCUT2D eigenvalue weighted by molar-refractivity contribution is 5.46. The van der Waals surface area contributed by atoms with Crippen molar-refractivity contribution in [3.05, 3.63) is 84.9 Å². The third-order valence-electron chi connectivity index (χ3n) is 4.46. The van der Waals surface area contributed by atoms with Crippen LogP contribution in [0.2, 0.25) is 0 Å². The van der Waals surface area contributed by atoms with Crippen LogP contribution in [0.15, 0.2) is 73.8 Å². The average Bonchev–Trinajstić information content (AvgIpc) is 2.82. The van der Waals surface area contributed by atoms with Crippen molar-refractivity contribution < 1.29 is 19.8 Å². The van der Waals surface area contributed by atoms with Crippen molar-refractivity contribution in [1.29, 1.82) is 0 Å². The van der Waals surface area contributed by atoms with Gasteiger partial charge in [0, 0.05) is 0 Å². The molecule has 2 aromatic rings. The summed E-state index contributed by atoms with van der Waals surface area (Å²) in [5.41, 5.74) is 2.35. The van der Waals surface area contributed by atoms with E-state index in [4.69, 9.17) is 15.3 Å². The summed E-state index contributed by atoms with van der Waals surface area (Å²) < 4.78 is 0.601. The van der Waals surface area contributed by atoms with E-state index in [0.717, 1.165) is 6.54 Å². The molecule has 0 unspecified atom stereocenters. The Hall–Kier alpha value is -2.24. The van der Waals surface area contributed by atoms with Gasteiger partial charge >= 0.3 is 0 Å². The number of aliphatic hydroxyl groups excluding tert-OH is 3. The maximum Gasteiger partial charge on any atom is 0.102 e. The molecule has 0 heterocycles. The normalized spacial score (nSPS) is 9.53. The van der Waals surface area contributed by atoms with Crippen LogP contribution in [0, 0.1) is 0 Å². The second-order valence-corrected chi connectivity index (χ2v) is 6.23. The monoisotopic (exact) mass is 416 g/mol. The van der Waals surface area contributed by atoms with Gasteiger partial charge in [0.05, 0.1) is 26.4 Å². The lowest BCUT2D eigenvalue weighted by Crippen LogP contribution is -2.53. The standard InChI is InChI=1S/C8H20NO3.2C8H8.C2H6/c1-2-9(3-6-10,4-7-11)5-8-12;2*1-2-8-6-4-3-5-7-8;1-2/h10-12H,2-8H2,1H3;2*2-7H,1H2;1-2H3/q+1;;;. The molecule has 0 aliphatic heterocycles. The number of hydrogen-bond donors (Lipinski definition) is 3. The molecule has 4 heteroatoms. The Balaban J connectivity index is 0. The summed E-state index contributed by atoms with van der Waals surface area (Å²) in [5, 5.41) is 26.4. The van der Waals surface area contributed by atoms with Crippen LogP contribution < -0.4 is 0 Å². The first-order valence-electron chi connectivity index (χ1n) is 10.6. The fourth-order valence-electron chi connectivity index (χ4n) is 2.62. The summed E-state index contributed by atoms with van der Waals surface area (Å²) in [6.07, 6.45) is 3.67. The van der Waals surface area contributed by atoms with Gasteiger partial charge in [-0.15, -0.1) is 0 Å². The molecule has 4 nitrogen and oxygen atoms in total. The summed E-state index contributed by atoms with van der Waals surface area (Å²) in [4.78, 5) is 0. The second-order valence-electron chi connectivity index (χ2n) is 6.23. The minimum absolute atomic E-state index is 0.105. The van der Waals surface area contributed by atoms with Gasteiger partial charge in [-0.05, 0) is 18.1 Å². The fourth-order valence-corrected chi connectivity index (χ4v) is 2.62. The van der Waals surface area contributed by atoms with Crippen molar-refractivity contribution in [3.8, 4) is 0 Å². The SMILES string of the molecule is C=Cc1ccccc1.C=Cc1ccccc1.CC.CC[N+](CCO)(CCO)CCO. The van der Waals surface area contributed by atoms with Crippen LogP contribution in [0.25, 0.3) is 12.2 Å². The number of benzene rings is 2. The van der Waals surface area contributed by atoms with Gasteiger partial charge in [0.25, 0.3) is 0 Å². The van der Waals surface area contributed by atoms with Gasteiger partial charge < -0.3 is 19.8 Å². The lowest BCUT2D eigenvalue weighted by atomic mass is 10.2. The van der Waals surface area contributed by atoms with Gasteiger partial charge in [0.1, 0.15) is 19.6 Å². The Morgan fingerprint density at radius 3 is 1.13 bits per heavy atom. The van der Waals surface area contributed by atoms with Crippen LogP contribution in [-0.4, -0.2) is 65.8 Å². The van der Waals surface area contributed by atoms with E-state index in [-0.39, 0.29) is 19.8 Å². The molecule has 2 rings (SSSR count). The largest absolute Gasteiger partial charge is 0.391 e. The van der Waals surface area contributed by atoms with E-state index in [9.17, 15) is 0 Å². The van der Waals surface area contributed by atoms with Gasteiger partial charge in [-0.25, -0.2) is 0 Å². The van der Waals surface area contributed by atoms with E-state index in [0.29, 0.717) is 24.1 Å². The molecule has 0 radical (unpaired) electrons. The van der Waals surface area contributed by atoms with Crippen molar-refractivity contribution >= 4 is 12.2 Å². The summed E-state index contributed by atoms with van der Waals surface area (Å²) in [6, 6.07) is 20.1. The number of hydrogen-bond acceptors (Lipinski definition) is 3. The van der Waals surface area contributed by atoms with Crippen LogP contribution in [0.1, 0.15) is 31.9 Å². The van der Waals surface area contributed by atoms with E-state index in [1.54, 1.807) is 0 Å². The number of aliphatic hydroxyl groups is 3. The molecule has 0 bridgehead atoms. The molecule has 30 heavy (non-hydrogen) atoms. The number of quaternary nitrogens is 1. The van der Waals surface area contributed by atoms with E-state index < -0.39 is 0 Å². The van der Waals surface area contributed by atoms with Gasteiger partial charge in [-0.1, -0.05) is 99.8 Å². The zero-order valence-electron chi connectivity index (χ0n) is 19.1. The minimum atomic E-state index is 0.105. The van der Waals surface area contributed by atoms with Gasteiger partial charge in [-0.2, -0.15) is 0 Å². The van der Waals surface area contributed by atoms with Crippen LogP contribution in [0.3, 0.4) is 0 Å². The Morgan fingerprint density at radius 1 is 0.667 bits per heavy atom. The minimum Gasteiger partial charge on any atom is -0.391 e. The highest BCUT2D eigenvalue weighted by Gasteiger charge is 2.22. The van der Waals surface area contributed by atoms with Gasteiger partial charge in [-0.3, -0.25) is 0 Å². The van der Waals surface area contributed by atoms with Gasteiger partial charge in [0.15, 0.2) is 0 Å². The molecule has 0 spiro atoms. The van der Waals surface area contributed by atoms with Crippen molar-refractivity contribution in [1.82, 2.24) is 0 Å².